The lowest BCUT2D eigenvalue weighted by Crippen LogP contribution is -2.34. The van der Waals surface area contributed by atoms with Crippen LogP contribution in [-0.2, 0) is 11.3 Å². The molecular weight excluding hydrogens is 278 g/mol. The third-order valence-corrected chi connectivity index (χ3v) is 4.80. The van der Waals surface area contributed by atoms with Crippen LogP contribution in [0.15, 0.2) is 18.2 Å². The van der Waals surface area contributed by atoms with Gasteiger partial charge in [-0.15, -0.1) is 0 Å². The van der Waals surface area contributed by atoms with E-state index in [-0.39, 0.29) is 17.9 Å². The fourth-order valence-electron chi connectivity index (χ4n) is 3.16. The molecule has 0 atom stereocenters. The molecule has 1 N–H and O–H groups in total. The van der Waals surface area contributed by atoms with Gasteiger partial charge in [-0.05, 0) is 44.6 Å². The average Bonchev–Trinajstić information content (AvgIpc) is 2.97. The Bertz CT molecular complexity index is 519. The largest absolute Gasteiger partial charge is 0.493 e. The van der Waals surface area contributed by atoms with Gasteiger partial charge >= 0.3 is 0 Å². The van der Waals surface area contributed by atoms with Crippen molar-refractivity contribution in [1.82, 2.24) is 5.32 Å². The van der Waals surface area contributed by atoms with E-state index in [9.17, 15) is 4.79 Å². The van der Waals surface area contributed by atoms with E-state index in [4.69, 9.17) is 9.47 Å². The minimum Gasteiger partial charge on any atom is -0.493 e. The van der Waals surface area contributed by atoms with Gasteiger partial charge in [0.05, 0.1) is 13.2 Å². The number of hydrogen-bond acceptors (Lipinski definition) is 3. The van der Waals surface area contributed by atoms with E-state index < -0.39 is 0 Å². The van der Waals surface area contributed by atoms with Crippen LogP contribution in [0.1, 0.15) is 50.5 Å². The number of hydrogen-bond donors (Lipinski definition) is 1. The predicted octanol–water partition coefficient (Wildman–Crippen LogP) is 3.43. The summed E-state index contributed by atoms with van der Waals surface area (Å²) >= 11 is 0. The number of carbonyl (C=O) groups excluding carboxylic acids is 1. The van der Waals surface area contributed by atoms with E-state index in [1.807, 2.05) is 18.2 Å². The molecule has 2 aliphatic rings. The third-order valence-electron chi connectivity index (χ3n) is 4.80. The van der Waals surface area contributed by atoms with E-state index in [1.165, 1.54) is 19.3 Å². The Morgan fingerprint density at radius 3 is 2.59 bits per heavy atom. The Kier molecular flexibility index (Phi) is 4.86. The first kappa shape index (κ1) is 15.2. The molecule has 2 fully saturated rings. The van der Waals surface area contributed by atoms with Crippen LogP contribution in [0.25, 0.3) is 0 Å². The Morgan fingerprint density at radius 2 is 1.95 bits per heavy atom. The second-order valence-corrected chi connectivity index (χ2v) is 6.32. The van der Waals surface area contributed by atoms with Crippen molar-refractivity contribution < 1.29 is 14.3 Å². The van der Waals surface area contributed by atoms with E-state index in [2.05, 4.69) is 5.32 Å². The van der Waals surface area contributed by atoms with E-state index in [0.29, 0.717) is 6.54 Å². The molecule has 120 valence electrons. The maximum Gasteiger partial charge on any atom is 0.223 e. The number of nitrogens with one attached hydrogen (secondary N) is 1. The zero-order valence-electron chi connectivity index (χ0n) is 13.3. The minimum atomic E-state index is 0.167. The van der Waals surface area contributed by atoms with Gasteiger partial charge in [-0.1, -0.05) is 18.6 Å². The summed E-state index contributed by atoms with van der Waals surface area (Å²) in [4.78, 5) is 12.0. The highest BCUT2D eigenvalue weighted by Crippen LogP contribution is 2.35. The Balaban J connectivity index is 1.69. The summed E-state index contributed by atoms with van der Waals surface area (Å²) in [5.74, 6) is 1.93. The number of para-hydroxylation sites is 1. The Labute approximate surface area is 132 Å². The highest BCUT2D eigenvalue weighted by Gasteiger charge is 2.25. The van der Waals surface area contributed by atoms with Crippen molar-refractivity contribution in [3.05, 3.63) is 23.8 Å². The van der Waals surface area contributed by atoms with Crippen LogP contribution in [0.2, 0.25) is 0 Å². The fraction of sp³-hybridized carbons (Fsp3) is 0.611. The number of rotatable bonds is 6. The van der Waals surface area contributed by atoms with Crippen LogP contribution in [-0.4, -0.2) is 19.1 Å². The summed E-state index contributed by atoms with van der Waals surface area (Å²) in [5, 5.41) is 3.04. The molecule has 0 unspecified atom stereocenters. The molecule has 22 heavy (non-hydrogen) atoms. The van der Waals surface area contributed by atoms with E-state index in [0.717, 1.165) is 42.7 Å². The normalized spacial score (nSPS) is 18.8. The van der Waals surface area contributed by atoms with Crippen molar-refractivity contribution in [3.8, 4) is 11.5 Å². The summed E-state index contributed by atoms with van der Waals surface area (Å²) < 4.78 is 11.6. The summed E-state index contributed by atoms with van der Waals surface area (Å²) in [6, 6.07) is 5.88. The van der Waals surface area contributed by atoms with Gasteiger partial charge in [-0.25, -0.2) is 0 Å². The molecule has 0 aliphatic heterocycles. The summed E-state index contributed by atoms with van der Waals surface area (Å²) in [5.41, 5.74) is 0.999. The van der Waals surface area contributed by atoms with Crippen molar-refractivity contribution >= 4 is 5.91 Å². The Morgan fingerprint density at radius 1 is 1.18 bits per heavy atom. The first-order chi connectivity index (χ1) is 10.8. The number of carbonyl (C=O) groups is 1. The second-order valence-electron chi connectivity index (χ2n) is 6.32. The van der Waals surface area contributed by atoms with Gasteiger partial charge in [0.15, 0.2) is 11.5 Å². The van der Waals surface area contributed by atoms with Crippen molar-refractivity contribution in [2.75, 3.05) is 7.11 Å². The molecule has 0 spiro atoms. The van der Waals surface area contributed by atoms with E-state index in [1.54, 1.807) is 7.11 Å². The van der Waals surface area contributed by atoms with Gasteiger partial charge in [0.25, 0.3) is 0 Å². The van der Waals surface area contributed by atoms with Gasteiger partial charge in [-0.2, -0.15) is 0 Å². The molecule has 0 aromatic heterocycles. The highest BCUT2D eigenvalue weighted by molar-refractivity contribution is 5.79. The predicted molar refractivity (Wildman–Crippen MR) is 85.1 cm³/mol. The maximum absolute atomic E-state index is 12.0. The van der Waals surface area contributed by atoms with Crippen LogP contribution in [0.4, 0.5) is 0 Å². The molecule has 2 aliphatic carbocycles. The van der Waals surface area contributed by atoms with Gasteiger partial charge in [0.1, 0.15) is 0 Å². The van der Waals surface area contributed by atoms with Gasteiger partial charge in [0, 0.05) is 18.0 Å². The molecule has 0 bridgehead atoms. The molecule has 0 radical (unpaired) electrons. The van der Waals surface area contributed by atoms with Gasteiger partial charge in [0.2, 0.25) is 5.91 Å². The first-order valence-corrected chi connectivity index (χ1v) is 8.38. The number of methoxy groups -OCH3 is 1. The zero-order valence-corrected chi connectivity index (χ0v) is 13.3. The lowest BCUT2D eigenvalue weighted by Gasteiger charge is -2.24. The number of amides is 1. The minimum absolute atomic E-state index is 0.167. The quantitative estimate of drug-likeness (QED) is 0.876. The smallest absolute Gasteiger partial charge is 0.223 e. The van der Waals surface area contributed by atoms with Crippen LogP contribution in [0.5, 0.6) is 11.5 Å². The molecule has 0 heterocycles. The third kappa shape index (κ3) is 3.37. The first-order valence-electron chi connectivity index (χ1n) is 8.38. The molecule has 1 aromatic carbocycles. The maximum atomic E-state index is 12.0. The molecule has 4 nitrogen and oxygen atoms in total. The summed E-state index contributed by atoms with van der Waals surface area (Å²) in [6.45, 7) is 0.509. The van der Waals surface area contributed by atoms with Crippen molar-refractivity contribution in [2.45, 2.75) is 57.6 Å². The fourth-order valence-corrected chi connectivity index (χ4v) is 3.16. The molecule has 1 amide bonds. The lowest BCUT2D eigenvalue weighted by atomic mass is 9.85. The van der Waals surface area contributed by atoms with Gasteiger partial charge in [-0.3, -0.25) is 4.79 Å². The monoisotopic (exact) mass is 303 g/mol. The highest BCUT2D eigenvalue weighted by atomic mass is 16.5. The number of ether oxygens (including phenoxy) is 2. The molecule has 1 aromatic rings. The van der Waals surface area contributed by atoms with E-state index >= 15 is 0 Å². The Hall–Kier alpha value is -1.71. The molecule has 3 rings (SSSR count). The van der Waals surface area contributed by atoms with Crippen molar-refractivity contribution in [1.29, 1.82) is 0 Å². The average molecular weight is 303 g/mol. The van der Waals surface area contributed by atoms with Gasteiger partial charge < -0.3 is 14.8 Å². The molecular formula is C18H25NO3. The van der Waals surface area contributed by atoms with Crippen LogP contribution in [0.3, 0.4) is 0 Å². The topological polar surface area (TPSA) is 47.6 Å². The van der Waals surface area contributed by atoms with Crippen LogP contribution >= 0.6 is 0 Å². The SMILES string of the molecule is COc1cccc(CNC(=O)C2CCC2)c1OC1CCCC1. The van der Waals surface area contributed by atoms with Crippen molar-refractivity contribution in [3.63, 3.8) is 0 Å². The lowest BCUT2D eigenvalue weighted by molar-refractivity contribution is -0.127. The zero-order chi connectivity index (χ0) is 15.4. The molecule has 4 heteroatoms. The summed E-state index contributed by atoms with van der Waals surface area (Å²) in [7, 11) is 1.66. The van der Waals surface area contributed by atoms with Crippen LogP contribution < -0.4 is 14.8 Å². The summed E-state index contributed by atoms with van der Waals surface area (Å²) in [6.07, 6.45) is 8.16. The second kappa shape index (κ2) is 7.03. The standard InChI is InChI=1S/C18H25NO3/c1-21-16-11-5-8-14(12-19-18(20)13-6-4-7-13)17(16)22-15-9-2-3-10-15/h5,8,11,13,15H,2-4,6-7,9-10,12H2,1H3,(H,19,20). The van der Waals surface area contributed by atoms with Crippen LogP contribution in [0, 0.1) is 5.92 Å². The number of benzene rings is 1. The molecule has 0 saturated heterocycles. The molecule has 2 saturated carbocycles. The van der Waals surface area contributed by atoms with Crippen molar-refractivity contribution in [2.24, 2.45) is 5.92 Å².